The van der Waals surface area contributed by atoms with E-state index < -0.39 is 0 Å². The molecule has 0 radical (unpaired) electrons. The number of hydrogen-bond acceptors (Lipinski definition) is 5. The molecule has 2 aliphatic heterocycles. The van der Waals surface area contributed by atoms with Crippen LogP contribution in [0.5, 0.6) is 0 Å². The molecule has 32 heavy (non-hydrogen) atoms. The number of nitrogens with zero attached hydrogens (tertiary/aromatic N) is 2. The number of anilines is 2. The highest BCUT2D eigenvalue weighted by Gasteiger charge is 2.42. The zero-order valence-corrected chi connectivity index (χ0v) is 18.3. The highest BCUT2D eigenvalue weighted by Crippen LogP contribution is 2.35. The van der Waals surface area contributed by atoms with Crippen LogP contribution in [0.15, 0.2) is 60.3 Å². The van der Waals surface area contributed by atoms with Gasteiger partial charge in [0.15, 0.2) is 0 Å². The Balaban J connectivity index is 1.76. The minimum atomic E-state index is -0.317. The van der Waals surface area contributed by atoms with Gasteiger partial charge in [-0.3, -0.25) is 19.3 Å². The number of para-hydroxylation sites is 1. The Morgan fingerprint density at radius 3 is 2.41 bits per heavy atom. The first-order valence-corrected chi connectivity index (χ1v) is 10.9. The Labute approximate surface area is 187 Å². The fraction of sp³-hybridized carbons (Fsp3) is 0.320. The van der Waals surface area contributed by atoms with E-state index in [1.54, 1.807) is 24.3 Å². The molecule has 166 valence electrons. The van der Waals surface area contributed by atoms with Crippen molar-refractivity contribution in [3.8, 4) is 0 Å². The molecular weight excluding hydrogens is 406 g/mol. The Bertz CT molecular complexity index is 1040. The Morgan fingerprint density at radius 1 is 1.09 bits per heavy atom. The second-order valence-electron chi connectivity index (χ2n) is 7.92. The SMILES string of the molecule is CCN(C1=C(c2ccc(NC(C)=O)cc2)C(=O)N(CC2CCCO2)C1=O)c1ccccc1. The number of carbonyl (C=O) groups is 3. The molecule has 0 bridgehead atoms. The first-order valence-electron chi connectivity index (χ1n) is 10.9. The van der Waals surface area contributed by atoms with Crippen molar-refractivity contribution in [2.24, 2.45) is 0 Å². The fourth-order valence-corrected chi connectivity index (χ4v) is 4.23. The molecule has 2 aromatic rings. The molecule has 0 aliphatic carbocycles. The van der Waals surface area contributed by atoms with Gasteiger partial charge in [-0.15, -0.1) is 0 Å². The second kappa shape index (κ2) is 9.36. The summed E-state index contributed by atoms with van der Waals surface area (Å²) in [5, 5.41) is 2.73. The Morgan fingerprint density at radius 2 is 1.81 bits per heavy atom. The highest BCUT2D eigenvalue weighted by molar-refractivity contribution is 6.36. The summed E-state index contributed by atoms with van der Waals surface area (Å²) in [5.41, 5.74) is 2.85. The van der Waals surface area contributed by atoms with E-state index in [0.717, 1.165) is 18.5 Å². The molecule has 2 aliphatic rings. The summed E-state index contributed by atoms with van der Waals surface area (Å²) in [4.78, 5) is 41.6. The van der Waals surface area contributed by atoms with Crippen molar-refractivity contribution in [3.05, 3.63) is 65.9 Å². The number of hydrogen-bond donors (Lipinski definition) is 1. The van der Waals surface area contributed by atoms with Gasteiger partial charge in [0.2, 0.25) is 5.91 Å². The van der Waals surface area contributed by atoms with E-state index in [4.69, 9.17) is 4.74 Å². The first-order chi connectivity index (χ1) is 15.5. The quantitative estimate of drug-likeness (QED) is 0.677. The molecule has 0 spiro atoms. The maximum Gasteiger partial charge on any atom is 0.278 e. The van der Waals surface area contributed by atoms with E-state index in [1.165, 1.54) is 11.8 Å². The van der Waals surface area contributed by atoms with Crippen LogP contribution in [0, 0.1) is 0 Å². The molecule has 3 amide bonds. The number of ether oxygens (including phenoxy) is 1. The Hall–Kier alpha value is -3.45. The van der Waals surface area contributed by atoms with Crippen molar-refractivity contribution in [2.45, 2.75) is 32.8 Å². The molecule has 1 atom stereocenters. The van der Waals surface area contributed by atoms with Gasteiger partial charge in [0.25, 0.3) is 11.8 Å². The van der Waals surface area contributed by atoms with E-state index in [2.05, 4.69) is 5.32 Å². The van der Waals surface area contributed by atoms with Crippen LogP contribution < -0.4 is 10.2 Å². The average Bonchev–Trinajstić information content (AvgIpc) is 3.38. The van der Waals surface area contributed by atoms with Crippen LogP contribution in [-0.4, -0.2) is 48.4 Å². The molecule has 1 saturated heterocycles. The summed E-state index contributed by atoms with van der Waals surface area (Å²) in [6.07, 6.45) is 1.64. The van der Waals surface area contributed by atoms with Gasteiger partial charge in [-0.05, 0) is 49.6 Å². The topological polar surface area (TPSA) is 79.0 Å². The van der Waals surface area contributed by atoms with Crippen molar-refractivity contribution in [2.75, 3.05) is 29.9 Å². The summed E-state index contributed by atoms with van der Waals surface area (Å²) in [6.45, 7) is 4.83. The minimum absolute atomic E-state index is 0.127. The molecule has 0 aromatic heterocycles. The standard InChI is InChI=1S/C25H27N3O4/c1-3-27(20-8-5-4-6-9-20)23-22(18-11-13-19(14-12-18)26-17(2)29)24(30)28(25(23)31)16-21-10-7-15-32-21/h4-6,8-9,11-14,21H,3,7,10,15-16H2,1-2H3,(H,26,29). The lowest BCUT2D eigenvalue weighted by Gasteiger charge is -2.25. The number of amides is 3. The summed E-state index contributed by atoms with van der Waals surface area (Å²) in [6, 6.07) is 16.6. The minimum Gasteiger partial charge on any atom is -0.376 e. The van der Waals surface area contributed by atoms with E-state index >= 15 is 0 Å². The zero-order chi connectivity index (χ0) is 22.7. The third-order valence-corrected chi connectivity index (χ3v) is 5.70. The number of imide groups is 1. The van der Waals surface area contributed by atoms with Crippen LogP contribution >= 0.6 is 0 Å². The first kappa shape index (κ1) is 21.8. The average molecular weight is 434 g/mol. The predicted molar refractivity (Wildman–Crippen MR) is 123 cm³/mol. The van der Waals surface area contributed by atoms with Crippen LogP contribution in [0.25, 0.3) is 5.57 Å². The molecule has 1 unspecified atom stereocenters. The van der Waals surface area contributed by atoms with Crippen LogP contribution in [0.2, 0.25) is 0 Å². The number of carbonyl (C=O) groups excluding carboxylic acids is 3. The number of likely N-dealkylation sites (N-methyl/N-ethyl adjacent to an activating group) is 1. The van der Waals surface area contributed by atoms with Crippen molar-refractivity contribution in [1.29, 1.82) is 0 Å². The molecule has 1 N–H and O–H groups in total. The van der Waals surface area contributed by atoms with Gasteiger partial charge in [0, 0.05) is 31.5 Å². The smallest absolute Gasteiger partial charge is 0.278 e. The molecule has 7 nitrogen and oxygen atoms in total. The van der Waals surface area contributed by atoms with Gasteiger partial charge >= 0.3 is 0 Å². The molecule has 7 heteroatoms. The monoisotopic (exact) mass is 433 g/mol. The van der Waals surface area contributed by atoms with Gasteiger partial charge in [-0.2, -0.15) is 0 Å². The van der Waals surface area contributed by atoms with Gasteiger partial charge in [-0.1, -0.05) is 30.3 Å². The van der Waals surface area contributed by atoms with E-state index in [0.29, 0.717) is 35.7 Å². The largest absolute Gasteiger partial charge is 0.376 e. The second-order valence-corrected chi connectivity index (χ2v) is 7.92. The Kier molecular flexibility index (Phi) is 6.37. The van der Waals surface area contributed by atoms with E-state index in [1.807, 2.05) is 42.2 Å². The summed E-state index contributed by atoms with van der Waals surface area (Å²) >= 11 is 0. The van der Waals surface area contributed by atoms with Crippen LogP contribution in [0.4, 0.5) is 11.4 Å². The number of rotatable bonds is 7. The van der Waals surface area contributed by atoms with Crippen molar-refractivity contribution in [1.82, 2.24) is 4.90 Å². The van der Waals surface area contributed by atoms with Crippen LogP contribution in [-0.2, 0) is 19.1 Å². The summed E-state index contributed by atoms with van der Waals surface area (Å²) in [7, 11) is 0. The van der Waals surface area contributed by atoms with Gasteiger partial charge < -0.3 is 15.0 Å². The summed E-state index contributed by atoms with van der Waals surface area (Å²) < 4.78 is 5.69. The van der Waals surface area contributed by atoms with Gasteiger partial charge in [-0.25, -0.2) is 0 Å². The highest BCUT2D eigenvalue weighted by atomic mass is 16.5. The number of benzene rings is 2. The van der Waals surface area contributed by atoms with E-state index in [-0.39, 0.29) is 30.4 Å². The molecule has 2 aromatic carbocycles. The van der Waals surface area contributed by atoms with Crippen molar-refractivity contribution < 1.29 is 19.1 Å². The van der Waals surface area contributed by atoms with E-state index in [9.17, 15) is 14.4 Å². The lowest BCUT2D eigenvalue weighted by molar-refractivity contribution is -0.138. The zero-order valence-electron chi connectivity index (χ0n) is 18.3. The molecule has 2 heterocycles. The van der Waals surface area contributed by atoms with Crippen LogP contribution in [0.3, 0.4) is 0 Å². The maximum atomic E-state index is 13.6. The molecule has 4 rings (SSSR count). The molecule has 1 fully saturated rings. The van der Waals surface area contributed by atoms with Crippen LogP contribution in [0.1, 0.15) is 32.3 Å². The third kappa shape index (κ3) is 4.29. The molecule has 0 saturated carbocycles. The lowest BCUT2D eigenvalue weighted by atomic mass is 10.0. The maximum absolute atomic E-state index is 13.6. The predicted octanol–water partition coefficient (Wildman–Crippen LogP) is 3.43. The van der Waals surface area contributed by atoms with Crippen molar-refractivity contribution >= 4 is 34.7 Å². The number of nitrogens with one attached hydrogen (secondary N) is 1. The fourth-order valence-electron chi connectivity index (χ4n) is 4.23. The summed E-state index contributed by atoms with van der Waals surface area (Å²) in [5.74, 6) is -0.798. The molecular formula is C25H27N3O4. The third-order valence-electron chi connectivity index (χ3n) is 5.70. The van der Waals surface area contributed by atoms with Gasteiger partial charge in [0.1, 0.15) is 5.70 Å². The van der Waals surface area contributed by atoms with Gasteiger partial charge in [0.05, 0.1) is 18.2 Å². The lowest BCUT2D eigenvalue weighted by Crippen LogP contribution is -2.40. The normalized spacial score (nSPS) is 18.4. The van der Waals surface area contributed by atoms with Crippen molar-refractivity contribution in [3.63, 3.8) is 0 Å².